The fourth-order valence-electron chi connectivity index (χ4n) is 2.39. The maximum Gasteiger partial charge on any atom is 0.253 e. The molecule has 0 heterocycles. The fraction of sp³-hybridized carbons (Fsp3) is 0.611. The van der Waals surface area contributed by atoms with E-state index in [1.54, 1.807) is 12.1 Å². The zero-order valence-electron chi connectivity index (χ0n) is 13.5. The summed E-state index contributed by atoms with van der Waals surface area (Å²) in [5.41, 5.74) is 0.650. The second-order valence-corrected chi connectivity index (χ2v) is 5.82. The van der Waals surface area contributed by atoms with Crippen LogP contribution in [0, 0.1) is 0 Å². The van der Waals surface area contributed by atoms with E-state index in [1.165, 1.54) is 25.7 Å². The summed E-state index contributed by atoms with van der Waals surface area (Å²) in [5.74, 6) is -0.465. The Balaban J connectivity index is 2.17. The Bertz CT molecular complexity index is 408. The third kappa shape index (κ3) is 8.15. The highest BCUT2D eigenvalue weighted by Gasteiger charge is 2.19. The van der Waals surface area contributed by atoms with Crippen molar-refractivity contribution in [1.29, 1.82) is 0 Å². The minimum Gasteiger partial charge on any atom is -0.393 e. The van der Waals surface area contributed by atoms with Gasteiger partial charge in [0, 0.05) is 12.1 Å². The summed E-state index contributed by atoms with van der Waals surface area (Å²) in [5, 5.41) is 22.4. The van der Waals surface area contributed by atoms with Gasteiger partial charge in [-0.25, -0.2) is 0 Å². The van der Waals surface area contributed by atoms with Crippen molar-refractivity contribution in [2.75, 3.05) is 5.32 Å². The summed E-state index contributed by atoms with van der Waals surface area (Å²) in [6.45, 7) is 2.19. The van der Waals surface area contributed by atoms with Gasteiger partial charge in [-0.2, -0.15) is 0 Å². The number of aliphatic hydroxyl groups is 2. The van der Waals surface area contributed by atoms with Gasteiger partial charge >= 0.3 is 0 Å². The number of para-hydroxylation sites is 1. The zero-order valence-corrected chi connectivity index (χ0v) is 13.5. The van der Waals surface area contributed by atoms with Crippen LogP contribution in [0.3, 0.4) is 0 Å². The molecule has 0 radical (unpaired) electrons. The Kier molecular flexibility index (Phi) is 9.51. The van der Waals surface area contributed by atoms with Gasteiger partial charge in [0.15, 0.2) is 0 Å². The molecule has 1 rings (SSSR count). The van der Waals surface area contributed by atoms with Gasteiger partial charge in [-0.15, -0.1) is 0 Å². The molecule has 1 amide bonds. The summed E-state index contributed by atoms with van der Waals surface area (Å²) in [7, 11) is 0. The number of aliphatic hydroxyl groups excluding tert-OH is 2. The second-order valence-electron chi connectivity index (χ2n) is 5.82. The van der Waals surface area contributed by atoms with Crippen molar-refractivity contribution in [3.63, 3.8) is 0 Å². The number of rotatable bonds is 11. The van der Waals surface area contributed by atoms with E-state index < -0.39 is 18.1 Å². The molecule has 4 nitrogen and oxygen atoms in total. The first-order chi connectivity index (χ1) is 10.6. The van der Waals surface area contributed by atoms with Crippen LogP contribution < -0.4 is 5.32 Å². The normalized spacial score (nSPS) is 13.6. The van der Waals surface area contributed by atoms with Crippen molar-refractivity contribution >= 4 is 11.6 Å². The first kappa shape index (κ1) is 18.7. The number of carbonyl (C=O) groups excluding carboxylic acids is 1. The van der Waals surface area contributed by atoms with E-state index in [1.807, 2.05) is 18.2 Å². The highest BCUT2D eigenvalue weighted by molar-refractivity contribution is 5.93. The van der Waals surface area contributed by atoms with Crippen LogP contribution in [-0.2, 0) is 4.79 Å². The standard InChI is InChI=1S/C18H29NO3/c1-2-3-4-5-6-10-13-16(20)14-17(21)18(22)19-15-11-8-7-9-12-15/h7-9,11-12,16-17,20-21H,2-6,10,13-14H2,1H3,(H,19,22). The van der Waals surface area contributed by atoms with Gasteiger partial charge in [-0.3, -0.25) is 4.79 Å². The molecule has 124 valence electrons. The highest BCUT2D eigenvalue weighted by Crippen LogP contribution is 2.13. The molecular weight excluding hydrogens is 278 g/mol. The van der Waals surface area contributed by atoms with Gasteiger partial charge < -0.3 is 15.5 Å². The minimum absolute atomic E-state index is 0.0909. The first-order valence-electron chi connectivity index (χ1n) is 8.35. The number of hydrogen-bond donors (Lipinski definition) is 3. The van der Waals surface area contributed by atoms with E-state index in [0.29, 0.717) is 12.1 Å². The largest absolute Gasteiger partial charge is 0.393 e. The first-order valence-corrected chi connectivity index (χ1v) is 8.35. The Hall–Kier alpha value is -1.39. The Morgan fingerprint density at radius 2 is 1.68 bits per heavy atom. The lowest BCUT2D eigenvalue weighted by Crippen LogP contribution is -2.31. The van der Waals surface area contributed by atoms with Gasteiger partial charge in [0.1, 0.15) is 6.10 Å². The number of anilines is 1. The second kappa shape index (κ2) is 11.2. The van der Waals surface area contributed by atoms with Crippen LogP contribution in [0.25, 0.3) is 0 Å². The molecule has 0 aromatic heterocycles. The molecule has 4 heteroatoms. The highest BCUT2D eigenvalue weighted by atomic mass is 16.3. The molecule has 1 aromatic rings. The van der Waals surface area contributed by atoms with Gasteiger partial charge in [0.25, 0.3) is 5.91 Å². The molecule has 0 aliphatic carbocycles. The lowest BCUT2D eigenvalue weighted by Gasteiger charge is -2.15. The van der Waals surface area contributed by atoms with Crippen LogP contribution in [0.4, 0.5) is 5.69 Å². The molecule has 3 N–H and O–H groups in total. The summed E-state index contributed by atoms with van der Waals surface area (Å²) in [4.78, 5) is 11.8. The summed E-state index contributed by atoms with van der Waals surface area (Å²) in [6, 6.07) is 9.01. The van der Waals surface area contributed by atoms with Crippen molar-refractivity contribution in [2.24, 2.45) is 0 Å². The number of hydrogen-bond acceptors (Lipinski definition) is 3. The minimum atomic E-state index is -1.17. The predicted molar refractivity (Wildman–Crippen MR) is 89.7 cm³/mol. The molecule has 22 heavy (non-hydrogen) atoms. The van der Waals surface area contributed by atoms with Crippen molar-refractivity contribution in [1.82, 2.24) is 0 Å². The van der Waals surface area contributed by atoms with Crippen molar-refractivity contribution < 1.29 is 15.0 Å². The van der Waals surface area contributed by atoms with Crippen LogP contribution in [-0.4, -0.2) is 28.3 Å². The van der Waals surface area contributed by atoms with Crippen molar-refractivity contribution in [2.45, 2.75) is 70.5 Å². The molecule has 0 saturated carbocycles. The van der Waals surface area contributed by atoms with Crippen LogP contribution in [0.1, 0.15) is 58.3 Å². The lowest BCUT2D eigenvalue weighted by atomic mass is 10.0. The summed E-state index contributed by atoms with van der Waals surface area (Å²) >= 11 is 0. The number of amides is 1. The maximum atomic E-state index is 11.8. The molecule has 0 fully saturated rings. The van der Waals surface area contributed by atoms with E-state index in [4.69, 9.17) is 0 Å². The van der Waals surface area contributed by atoms with E-state index >= 15 is 0 Å². The van der Waals surface area contributed by atoms with Crippen LogP contribution in [0.2, 0.25) is 0 Å². The Morgan fingerprint density at radius 1 is 1.05 bits per heavy atom. The van der Waals surface area contributed by atoms with Crippen LogP contribution in [0.5, 0.6) is 0 Å². The topological polar surface area (TPSA) is 69.6 Å². The monoisotopic (exact) mass is 307 g/mol. The number of benzene rings is 1. The number of unbranched alkanes of at least 4 members (excludes halogenated alkanes) is 5. The average molecular weight is 307 g/mol. The molecular formula is C18H29NO3. The Labute approximate surface area is 133 Å². The zero-order chi connectivity index (χ0) is 16.2. The maximum absolute atomic E-state index is 11.8. The lowest BCUT2D eigenvalue weighted by molar-refractivity contribution is -0.125. The molecule has 0 aliphatic heterocycles. The molecule has 0 spiro atoms. The van der Waals surface area contributed by atoms with E-state index in [2.05, 4.69) is 12.2 Å². The van der Waals surface area contributed by atoms with E-state index in [9.17, 15) is 15.0 Å². The SMILES string of the molecule is CCCCCCCCC(O)CC(O)C(=O)Nc1ccccc1. The third-order valence-corrected chi connectivity index (χ3v) is 3.73. The smallest absolute Gasteiger partial charge is 0.253 e. The fourth-order valence-corrected chi connectivity index (χ4v) is 2.39. The number of carbonyl (C=O) groups is 1. The van der Waals surface area contributed by atoms with Crippen molar-refractivity contribution in [3.8, 4) is 0 Å². The van der Waals surface area contributed by atoms with Crippen LogP contribution in [0.15, 0.2) is 30.3 Å². The van der Waals surface area contributed by atoms with Crippen LogP contribution >= 0.6 is 0 Å². The van der Waals surface area contributed by atoms with Gasteiger partial charge in [-0.05, 0) is 18.6 Å². The molecule has 0 saturated heterocycles. The molecule has 1 aromatic carbocycles. The van der Waals surface area contributed by atoms with Gasteiger partial charge in [0.2, 0.25) is 0 Å². The summed E-state index contributed by atoms with van der Waals surface area (Å²) in [6.07, 6.45) is 5.91. The average Bonchev–Trinajstić information content (AvgIpc) is 2.51. The van der Waals surface area contributed by atoms with E-state index in [0.717, 1.165) is 12.8 Å². The Morgan fingerprint density at radius 3 is 2.36 bits per heavy atom. The summed E-state index contributed by atoms with van der Waals surface area (Å²) < 4.78 is 0. The molecule has 0 bridgehead atoms. The van der Waals surface area contributed by atoms with E-state index in [-0.39, 0.29) is 6.42 Å². The van der Waals surface area contributed by atoms with Crippen molar-refractivity contribution in [3.05, 3.63) is 30.3 Å². The number of nitrogens with one attached hydrogen (secondary N) is 1. The third-order valence-electron chi connectivity index (χ3n) is 3.73. The molecule has 0 aliphatic rings. The molecule has 2 atom stereocenters. The van der Waals surface area contributed by atoms with Gasteiger partial charge in [0.05, 0.1) is 6.10 Å². The van der Waals surface area contributed by atoms with Gasteiger partial charge in [-0.1, -0.05) is 63.6 Å². The quantitative estimate of drug-likeness (QED) is 0.548. The molecule has 2 unspecified atom stereocenters. The predicted octanol–water partition coefficient (Wildman–Crippen LogP) is 3.49.